The maximum absolute atomic E-state index is 13.6. The van der Waals surface area contributed by atoms with E-state index in [0.717, 1.165) is 49.0 Å². The van der Waals surface area contributed by atoms with Gasteiger partial charge in [0, 0.05) is 24.7 Å². The molecule has 3 fully saturated rings. The molecule has 3 saturated heterocycles. The van der Waals surface area contributed by atoms with Crippen molar-refractivity contribution in [3.8, 4) is 17.0 Å². The van der Waals surface area contributed by atoms with E-state index in [2.05, 4.69) is 26.1 Å². The molecular formula is C26H32N4O2. The number of methoxy groups -OCH3 is 1. The number of carbonyl (C=O) groups excluding carboxylic acids is 1. The number of aromatic nitrogens is 2. The fourth-order valence-corrected chi connectivity index (χ4v) is 6.70. The van der Waals surface area contributed by atoms with E-state index < -0.39 is 0 Å². The molecule has 6 heteroatoms. The minimum atomic E-state index is 0.0899. The summed E-state index contributed by atoms with van der Waals surface area (Å²) in [6, 6.07) is 10.7. The lowest BCUT2D eigenvalue weighted by Gasteiger charge is -2.54. The number of ether oxygens (including phenoxy) is 1. The van der Waals surface area contributed by atoms with Crippen molar-refractivity contribution in [2.75, 3.05) is 26.7 Å². The summed E-state index contributed by atoms with van der Waals surface area (Å²) in [6.45, 7) is 3.21. The average Bonchev–Trinajstić information content (AvgIpc) is 3.34. The van der Waals surface area contributed by atoms with Gasteiger partial charge in [0.1, 0.15) is 11.4 Å². The molecule has 0 unspecified atom stereocenters. The number of hydrogen-bond donors (Lipinski definition) is 1. The zero-order valence-electron chi connectivity index (χ0n) is 18.8. The lowest BCUT2D eigenvalue weighted by molar-refractivity contribution is 0.00131. The molecular weight excluding hydrogens is 400 g/mol. The van der Waals surface area contributed by atoms with Crippen molar-refractivity contribution in [1.82, 2.24) is 20.0 Å². The number of likely N-dealkylation sites (tertiary alicyclic amines) is 1. The van der Waals surface area contributed by atoms with E-state index in [9.17, 15) is 4.79 Å². The van der Waals surface area contributed by atoms with Gasteiger partial charge in [0.15, 0.2) is 0 Å². The van der Waals surface area contributed by atoms with Crippen molar-refractivity contribution in [2.24, 2.45) is 11.8 Å². The zero-order valence-corrected chi connectivity index (χ0v) is 18.8. The number of rotatable bonds is 3. The van der Waals surface area contributed by atoms with E-state index in [1.165, 1.54) is 37.8 Å². The van der Waals surface area contributed by atoms with Crippen LogP contribution < -0.4 is 4.74 Å². The first-order chi connectivity index (χ1) is 15.7. The Bertz CT molecular complexity index is 1030. The maximum atomic E-state index is 13.6. The van der Waals surface area contributed by atoms with Gasteiger partial charge in [-0.05, 0) is 80.8 Å². The number of H-pyrrole nitrogens is 1. The Balaban J connectivity index is 1.25. The topological polar surface area (TPSA) is 61.5 Å². The highest BCUT2D eigenvalue weighted by molar-refractivity contribution is 5.94. The summed E-state index contributed by atoms with van der Waals surface area (Å²) < 4.78 is 5.25. The zero-order chi connectivity index (χ0) is 21.7. The Morgan fingerprint density at radius 2 is 2.03 bits per heavy atom. The summed E-state index contributed by atoms with van der Waals surface area (Å²) in [5.41, 5.74) is 3.88. The van der Waals surface area contributed by atoms with Crippen molar-refractivity contribution >= 4 is 5.91 Å². The van der Waals surface area contributed by atoms with E-state index in [0.29, 0.717) is 17.5 Å². The molecule has 4 atom stereocenters. The maximum Gasteiger partial charge on any atom is 0.272 e. The second-order valence-electron chi connectivity index (χ2n) is 9.90. The van der Waals surface area contributed by atoms with Gasteiger partial charge in [0.2, 0.25) is 0 Å². The van der Waals surface area contributed by atoms with Crippen LogP contribution in [0.2, 0.25) is 0 Å². The van der Waals surface area contributed by atoms with Crippen LogP contribution in [0.3, 0.4) is 0 Å². The molecule has 1 aliphatic carbocycles. The van der Waals surface area contributed by atoms with Gasteiger partial charge in [-0.15, -0.1) is 0 Å². The van der Waals surface area contributed by atoms with Crippen molar-refractivity contribution in [1.29, 1.82) is 0 Å². The molecule has 6 nitrogen and oxygen atoms in total. The standard InChI is InChI=1S/C26H32N4O2/c1-32-21-9-7-17(8-10-21)22-15-23(28-27-22)26(31)30-12-4-5-18-13-19-14-20(25(18)30)16-29-11-3-2-6-24(19)29/h7-10,13,15,19-20,24-25H,2-6,11-12,14,16H2,1H3,(H,27,28)/t19-,20+,24+,25+/m0/s1. The normalized spacial score (nSPS) is 29.7. The third kappa shape index (κ3) is 3.36. The number of hydrogen-bond acceptors (Lipinski definition) is 4. The molecule has 2 aromatic rings. The predicted octanol–water partition coefficient (Wildman–Crippen LogP) is 4.12. The molecule has 0 spiro atoms. The number of aromatic amines is 1. The van der Waals surface area contributed by atoms with Gasteiger partial charge in [-0.25, -0.2) is 0 Å². The molecule has 1 N–H and O–H groups in total. The molecule has 3 aliphatic heterocycles. The first-order valence-electron chi connectivity index (χ1n) is 12.2. The molecule has 168 valence electrons. The van der Waals surface area contributed by atoms with E-state index >= 15 is 0 Å². The van der Waals surface area contributed by atoms with Gasteiger partial charge in [-0.1, -0.05) is 18.1 Å². The Hall–Kier alpha value is -2.60. The fraction of sp³-hybridized carbons (Fsp3) is 0.538. The number of benzene rings is 1. The van der Waals surface area contributed by atoms with Crippen LogP contribution >= 0.6 is 0 Å². The minimum absolute atomic E-state index is 0.0899. The van der Waals surface area contributed by atoms with Gasteiger partial charge in [0.05, 0.1) is 18.8 Å². The van der Waals surface area contributed by atoms with Gasteiger partial charge in [-0.2, -0.15) is 5.10 Å². The Morgan fingerprint density at radius 3 is 2.88 bits per heavy atom. The molecule has 0 radical (unpaired) electrons. The van der Waals surface area contributed by atoms with Crippen LogP contribution in [0.1, 0.15) is 49.0 Å². The van der Waals surface area contributed by atoms with Crippen LogP contribution in [0.4, 0.5) is 0 Å². The summed E-state index contributed by atoms with van der Waals surface area (Å²) in [4.78, 5) is 18.5. The Morgan fingerprint density at radius 1 is 1.16 bits per heavy atom. The van der Waals surface area contributed by atoms with E-state index in [-0.39, 0.29) is 11.9 Å². The number of carbonyl (C=O) groups is 1. The highest BCUT2D eigenvalue weighted by atomic mass is 16.5. The first kappa shape index (κ1) is 20.0. The van der Waals surface area contributed by atoms with E-state index in [4.69, 9.17) is 4.74 Å². The third-order valence-electron chi connectivity index (χ3n) is 8.11. The highest BCUT2D eigenvalue weighted by Crippen LogP contribution is 2.45. The van der Waals surface area contributed by atoms with Crippen molar-refractivity contribution < 1.29 is 9.53 Å². The van der Waals surface area contributed by atoms with Crippen molar-refractivity contribution in [3.63, 3.8) is 0 Å². The van der Waals surface area contributed by atoms with Crippen LogP contribution in [-0.4, -0.2) is 64.7 Å². The third-order valence-corrected chi connectivity index (χ3v) is 8.11. The smallest absolute Gasteiger partial charge is 0.272 e. The Kier molecular flexibility index (Phi) is 5.05. The minimum Gasteiger partial charge on any atom is -0.497 e. The molecule has 6 rings (SSSR count). The summed E-state index contributed by atoms with van der Waals surface area (Å²) in [5, 5.41) is 7.47. The molecule has 1 aromatic carbocycles. The number of amides is 1. The van der Waals surface area contributed by atoms with Gasteiger partial charge >= 0.3 is 0 Å². The fourth-order valence-electron chi connectivity index (χ4n) is 6.70. The van der Waals surface area contributed by atoms with Crippen molar-refractivity contribution in [2.45, 2.75) is 50.6 Å². The molecule has 2 bridgehead atoms. The van der Waals surface area contributed by atoms with E-state index in [1.807, 2.05) is 30.3 Å². The second kappa shape index (κ2) is 8.07. The Labute approximate surface area is 189 Å². The lowest BCUT2D eigenvalue weighted by Crippen LogP contribution is -2.60. The monoisotopic (exact) mass is 432 g/mol. The predicted molar refractivity (Wildman–Crippen MR) is 124 cm³/mol. The van der Waals surface area contributed by atoms with Crippen LogP contribution in [0.15, 0.2) is 42.0 Å². The second-order valence-corrected chi connectivity index (χ2v) is 9.90. The lowest BCUT2D eigenvalue weighted by atomic mass is 9.68. The van der Waals surface area contributed by atoms with Crippen LogP contribution in [-0.2, 0) is 0 Å². The molecule has 32 heavy (non-hydrogen) atoms. The highest BCUT2D eigenvalue weighted by Gasteiger charge is 2.47. The van der Waals surface area contributed by atoms with Crippen LogP contribution in [0.5, 0.6) is 5.75 Å². The number of nitrogens with zero attached hydrogens (tertiary/aromatic N) is 3. The summed E-state index contributed by atoms with van der Waals surface area (Å²) in [6.07, 6.45) is 10.0. The van der Waals surface area contributed by atoms with Crippen LogP contribution in [0, 0.1) is 11.8 Å². The molecule has 4 heterocycles. The largest absolute Gasteiger partial charge is 0.497 e. The summed E-state index contributed by atoms with van der Waals surface area (Å²) >= 11 is 0. The molecule has 1 aromatic heterocycles. The molecule has 1 amide bonds. The summed E-state index contributed by atoms with van der Waals surface area (Å²) in [7, 11) is 1.66. The van der Waals surface area contributed by atoms with Gasteiger partial charge in [0.25, 0.3) is 5.91 Å². The number of piperidine rings is 3. The first-order valence-corrected chi connectivity index (χ1v) is 12.2. The quantitative estimate of drug-likeness (QED) is 0.741. The molecule has 4 aliphatic rings. The average molecular weight is 433 g/mol. The summed E-state index contributed by atoms with van der Waals surface area (Å²) in [5.74, 6) is 2.14. The van der Waals surface area contributed by atoms with Gasteiger partial charge < -0.3 is 9.64 Å². The SMILES string of the molecule is COc1ccc(-c2cc(C(=O)N3CCCC4=C[C@H]5C[C@H](CN6CCCC[C@H]56)[C@@H]43)[nH]n2)cc1. The number of nitrogens with one attached hydrogen (secondary N) is 1. The molecule has 0 saturated carbocycles. The van der Waals surface area contributed by atoms with Crippen molar-refractivity contribution in [3.05, 3.63) is 47.7 Å². The number of fused-ring (bicyclic) bond motifs is 6. The van der Waals surface area contributed by atoms with E-state index in [1.54, 1.807) is 7.11 Å². The van der Waals surface area contributed by atoms with Crippen LogP contribution in [0.25, 0.3) is 11.3 Å². The van der Waals surface area contributed by atoms with Gasteiger partial charge in [-0.3, -0.25) is 14.8 Å².